The molecule has 0 fully saturated rings. The first kappa shape index (κ1) is 130. The van der Waals surface area contributed by atoms with Gasteiger partial charge in [-0.3, -0.25) is 32.5 Å². The molecular weight excluding hydrogens is 1720 g/mol. The van der Waals surface area contributed by atoms with Crippen molar-refractivity contribution >= 4 is 33.6 Å². The molecule has 0 aliphatic heterocycles. The number of phosphoric acid groups is 2. The zero-order valence-electron chi connectivity index (χ0n) is 86.8. The van der Waals surface area contributed by atoms with Gasteiger partial charge in [-0.1, -0.05) is 493 Å². The Morgan fingerprint density at radius 1 is 0.215 bits per heavy atom. The maximum Gasteiger partial charge on any atom is 0.472 e. The fourth-order valence-corrected chi connectivity index (χ4v) is 17.4. The lowest BCUT2D eigenvalue weighted by Crippen LogP contribution is -2.30. The number of hydrogen-bond acceptors (Lipinski definition) is 14. The van der Waals surface area contributed by atoms with Gasteiger partial charge in [-0.15, -0.1) is 0 Å². The van der Waals surface area contributed by atoms with Crippen LogP contribution < -0.4 is 0 Å². The van der Waals surface area contributed by atoms with Crippen LogP contribution in [-0.2, 0) is 55.8 Å². The van der Waals surface area contributed by atoms with E-state index in [1.807, 2.05) is 0 Å². The molecule has 0 radical (unpaired) electrons. The van der Waals surface area contributed by atoms with E-state index in [9.17, 15) is 43.5 Å². The number of hydrogen-bond donors (Lipinski definition) is 4. The molecule has 0 aliphatic rings. The smallest absolute Gasteiger partial charge is 0.463 e. The van der Waals surface area contributed by atoms with Crippen molar-refractivity contribution in [2.45, 2.75) is 527 Å². The van der Waals surface area contributed by atoms with Gasteiger partial charge < -0.3 is 34.2 Å². The van der Waals surface area contributed by atoms with Gasteiger partial charge >= 0.3 is 33.6 Å². The number of ether oxygens (including phenoxy) is 3. The van der Waals surface area contributed by atoms with E-state index in [0.29, 0.717) is 19.3 Å². The van der Waals surface area contributed by atoms with Gasteiger partial charge in [0.2, 0.25) is 0 Å². The maximum absolute atomic E-state index is 13.2. The molecule has 0 saturated carbocycles. The summed E-state index contributed by atoms with van der Waals surface area (Å²) in [6.07, 6.45) is 142. The molecule has 0 bridgehead atoms. The van der Waals surface area contributed by atoms with E-state index in [1.165, 1.54) is 308 Å². The number of aliphatic hydroxyl groups is 2. The summed E-state index contributed by atoms with van der Waals surface area (Å²) in [5.74, 6) is -1.55. The molecule has 0 saturated heterocycles. The number of phosphoric ester groups is 2. The van der Waals surface area contributed by atoms with Crippen molar-refractivity contribution in [2.24, 2.45) is 0 Å². The van der Waals surface area contributed by atoms with Crippen LogP contribution in [0.25, 0.3) is 0 Å². The molecule has 780 valence electrons. The first-order valence-electron chi connectivity index (χ1n) is 55.8. The van der Waals surface area contributed by atoms with Crippen LogP contribution in [0.2, 0.25) is 0 Å². The summed E-state index contributed by atoms with van der Waals surface area (Å²) in [5.41, 5.74) is 0. The molecule has 135 heavy (non-hydrogen) atoms. The van der Waals surface area contributed by atoms with Crippen molar-refractivity contribution in [1.29, 1.82) is 0 Å². The highest BCUT2D eigenvalue weighted by molar-refractivity contribution is 7.47. The van der Waals surface area contributed by atoms with Gasteiger partial charge in [0.25, 0.3) is 0 Å². The zero-order valence-corrected chi connectivity index (χ0v) is 88.6. The fourth-order valence-electron chi connectivity index (χ4n) is 15.8. The number of unbranched alkanes of at least 4 members (excludes halogenated alkanes) is 57. The third kappa shape index (κ3) is 109. The first-order chi connectivity index (χ1) is 66.2. The van der Waals surface area contributed by atoms with Crippen LogP contribution in [-0.4, -0.2) is 95.9 Å². The summed E-state index contributed by atoms with van der Waals surface area (Å²) < 4.78 is 61.9. The number of carbonyl (C=O) groups is 3. The fraction of sp³-hybridized carbons (Fsp3) is 0.752. The molecule has 4 N–H and O–H groups in total. The average molecular weight is 1930 g/mol. The van der Waals surface area contributed by atoms with Gasteiger partial charge in [-0.05, 0) is 154 Å². The Balaban J connectivity index is 4.58. The number of rotatable bonds is 106. The molecule has 0 heterocycles. The molecule has 5 unspecified atom stereocenters. The van der Waals surface area contributed by atoms with E-state index >= 15 is 0 Å². The summed E-state index contributed by atoms with van der Waals surface area (Å²) in [6, 6.07) is 0. The minimum Gasteiger partial charge on any atom is -0.463 e. The Morgan fingerprint density at radius 3 is 0.622 bits per heavy atom. The van der Waals surface area contributed by atoms with Crippen molar-refractivity contribution in [3.63, 3.8) is 0 Å². The van der Waals surface area contributed by atoms with Crippen LogP contribution in [0.15, 0.2) is 158 Å². The lowest BCUT2D eigenvalue weighted by molar-refractivity contribution is -0.161. The van der Waals surface area contributed by atoms with Crippen LogP contribution in [0, 0.1) is 0 Å². The molecular formula is C117H206O16P2. The molecule has 0 aromatic rings. The minimum absolute atomic E-state index is 0.104. The van der Waals surface area contributed by atoms with E-state index < -0.39 is 91.5 Å². The Labute approximate surface area is 829 Å². The molecule has 0 spiro atoms. The second-order valence-corrected chi connectivity index (χ2v) is 40.3. The van der Waals surface area contributed by atoms with Gasteiger partial charge in [0.15, 0.2) is 6.10 Å². The molecule has 0 aromatic carbocycles. The highest BCUT2D eigenvalue weighted by Gasteiger charge is 2.30. The van der Waals surface area contributed by atoms with E-state index in [4.69, 9.17) is 32.3 Å². The lowest BCUT2D eigenvalue weighted by Gasteiger charge is -2.21. The molecule has 5 atom stereocenters. The van der Waals surface area contributed by atoms with Crippen molar-refractivity contribution < 1.29 is 75.8 Å². The average Bonchev–Trinajstić information content (AvgIpc) is 0.895. The van der Waals surface area contributed by atoms with Crippen molar-refractivity contribution in [2.75, 3.05) is 39.6 Å². The third-order valence-corrected chi connectivity index (χ3v) is 26.1. The number of carbonyl (C=O) groups excluding carboxylic acids is 3. The summed E-state index contributed by atoms with van der Waals surface area (Å²) in [5, 5.41) is 20.8. The van der Waals surface area contributed by atoms with Crippen molar-refractivity contribution in [3.05, 3.63) is 158 Å². The van der Waals surface area contributed by atoms with E-state index in [2.05, 4.69) is 179 Å². The van der Waals surface area contributed by atoms with Crippen LogP contribution in [0.5, 0.6) is 0 Å². The lowest BCUT2D eigenvalue weighted by atomic mass is 10.0. The topological polar surface area (TPSA) is 231 Å². The predicted octanol–water partition coefficient (Wildman–Crippen LogP) is 35.9. The summed E-state index contributed by atoms with van der Waals surface area (Å²) in [4.78, 5) is 59.4. The van der Waals surface area contributed by atoms with E-state index in [1.54, 1.807) is 0 Å². The third-order valence-electron chi connectivity index (χ3n) is 24.2. The SMILES string of the molecule is CC/C=C\C/C=C\C/C=C\C/C=C\C/C=C\CCCCCCCCCCCCCCCCCC(=O)OC(COC(=O)CCCCCCCCCCCCCCCCCCC/C=C\C/C=C\C/C=C\C/C=C\CCCCC)COP(=O)(O)OCC(O)COP(=O)(O)OCC(O)COC(=O)CCCCCCCCCCCCCCCCCCCCC/C=C\C/C=C\C/C=C\C/C=C\CCCCC. The van der Waals surface area contributed by atoms with E-state index in [-0.39, 0.29) is 19.3 Å². The Hall–Kier alpha value is -4.83. The molecule has 0 aromatic heterocycles. The number of allylic oxidation sites excluding steroid dienone is 26. The summed E-state index contributed by atoms with van der Waals surface area (Å²) in [7, 11) is -9.82. The normalized spacial score (nSPS) is 14.2. The maximum atomic E-state index is 13.2. The van der Waals surface area contributed by atoms with E-state index in [0.717, 1.165) is 141 Å². The number of aliphatic hydroxyl groups excluding tert-OH is 2. The molecule has 18 heteroatoms. The highest BCUT2D eigenvalue weighted by Crippen LogP contribution is 2.45. The Kier molecular flexibility index (Phi) is 104. The van der Waals surface area contributed by atoms with Crippen LogP contribution in [0.1, 0.15) is 509 Å². The van der Waals surface area contributed by atoms with Crippen LogP contribution in [0.4, 0.5) is 0 Å². The van der Waals surface area contributed by atoms with Gasteiger partial charge in [-0.2, -0.15) is 0 Å². The predicted molar refractivity (Wildman–Crippen MR) is 574 cm³/mol. The Morgan fingerprint density at radius 2 is 0.393 bits per heavy atom. The second kappa shape index (κ2) is 108. The molecule has 0 rings (SSSR count). The largest absolute Gasteiger partial charge is 0.472 e. The van der Waals surface area contributed by atoms with Gasteiger partial charge in [0.05, 0.1) is 26.4 Å². The second-order valence-electron chi connectivity index (χ2n) is 37.4. The molecule has 0 aliphatic carbocycles. The molecule has 0 amide bonds. The summed E-state index contributed by atoms with van der Waals surface area (Å²) in [6.45, 7) is 2.62. The highest BCUT2D eigenvalue weighted by atomic mass is 31.2. The first-order valence-corrected chi connectivity index (χ1v) is 58.8. The van der Waals surface area contributed by atoms with Crippen LogP contribution >= 0.6 is 15.6 Å². The van der Waals surface area contributed by atoms with Gasteiger partial charge in [-0.25, -0.2) is 9.13 Å². The van der Waals surface area contributed by atoms with Crippen molar-refractivity contribution in [1.82, 2.24) is 0 Å². The van der Waals surface area contributed by atoms with Gasteiger partial charge in [0.1, 0.15) is 25.4 Å². The van der Waals surface area contributed by atoms with Crippen molar-refractivity contribution in [3.8, 4) is 0 Å². The quantitative estimate of drug-likeness (QED) is 0.0146. The minimum atomic E-state index is -4.95. The zero-order chi connectivity index (χ0) is 97.8. The monoisotopic (exact) mass is 1930 g/mol. The number of esters is 3. The van der Waals surface area contributed by atoms with Crippen LogP contribution in [0.3, 0.4) is 0 Å². The summed E-state index contributed by atoms with van der Waals surface area (Å²) >= 11 is 0. The van der Waals surface area contributed by atoms with Gasteiger partial charge in [0, 0.05) is 19.3 Å². The molecule has 16 nitrogen and oxygen atoms in total. The Bertz CT molecular complexity index is 3090. The standard InChI is InChI=1S/C117H206O16P2/c1-4-7-10-13-16-19-22-25-28-31-34-37-40-43-46-49-52-54-55-57-60-61-64-67-70-73-76-79-82-85-88-91-94-97-100-103-115(120)127-106-112(118)107-129-134(123,124)130-108-113(119)109-131-135(125,126)132-111-114(133-117(122)105-102-99-96-93-90-87-84-81-78-75-72-69-66-63-58-51-48-45-42-39-36-33-30-27-24-21-18-15-12-9-6-3)110-128-116(121)104-101-98-95-92-89-86-83-80-77-74-71-68-65-62-59-56-53-50-47-44-41-38-35-32-29-26-23-20-17-14-11-8-5-2/h9,12,16-21,25-30,34-39,43-48,112-114,118-119H,4-8,10-11,13-15,22-24,31-33,40-42,49-111H2,1-3H3,(H,123,124)(H,125,126)/b12-9-,19-16-,20-17-,21-18-,28-25-,29-26-,30-27-,37-34-,38-35-,39-36-,46-43-,47-44-,48-45-.